The second kappa shape index (κ2) is 7.80. The van der Waals surface area contributed by atoms with Crippen LogP contribution in [-0.4, -0.2) is 32.1 Å². The number of pyridine rings is 1. The minimum absolute atomic E-state index is 0.223. The quantitative estimate of drug-likeness (QED) is 0.648. The number of benzene rings is 1. The van der Waals surface area contributed by atoms with Crippen LogP contribution in [0.2, 0.25) is 0 Å². The number of nitrogens with zero attached hydrogens (tertiary/aromatic N) is 4. The Bertz CT molecular complexity index is 1210. The SMILES string of the molecule is Cc1noc(C2CCCCN2C(=O)c2c(C)ccn(-c3cccc4c3CCC4)c2=O)n1. The van der Waals surface area contributed by atoms with E-state index in [0.29, 0.717) is 23.8 Å². The minimum atomic E-state index is -0.295. The number of likely N-dealkylation sites (tertiary alicyclic amines) is 1. The Balaban J connectivity index is 1.57. The predicted molar refractivity (Wildman–Crippen MR) is 115 cm³/mol. The van der Waals surface area contributed by atoms with Crippen molar-refractivity contribution in [2.75, 3.05) is 6.54 Å². The van der Waals surface area contributed by atoms with Gasteiger partial charge in [0.1, 0.15) is 11.6 Å². The molecule has 3 heterocycles. The monoisotopic (exact) mass is 418 g/mol. The Labute approximate surface area is 180 Å². The van der Waals surface area contributed by atoms with Crippen LogP contribution in [0.1, 0.15) is 70.5 Å². The van der Waals surface area contributed by atoms with Gasteiger partial charge in [0.15, 0.2) is 5.82 Å². The van der Waals surface area contributed by atoms with Gasteiger partial charge in [-0.05, 0) is 81.2 Å². The molecule has 1 aliphatic carbocycles. The zero-order valence-corrected chi connectivity index (χ0v) is 17.9. The summed E-state index contributed by atoms with van der Waals surface area (Å²) in [7, 11) is 0. The third-order valence-corrected chi connectivity index (χ3v) is 6.49. The largest absolute Gasteiger partial charge is 0.337 e. The Morgan fingerprint density at radius 1 is 1.13 bits per heavy atom. The molecule has 1 aromatic carbocycles. The van der Waals surface area contributed by atoms with Gasteiger partial charge >= 0.3 is 0 Å². The molecule has 1 fully saturated rings. The molecule has 0 saturated carbocycles. The summed E-state index contributed by atoms with van der Waals surface area (Å²) in [5.74, 6) is 0.731. The third kappa shape index (κ3) is 3.38. The fourth-order valence-corrected chi connectivity index (χ4v) is 4.93. The van der Waals surface area contributed by atoms with Gasteiger partial charge in [0, 0.05) is 12.7 Å². The highest BCUT2D eigenvalue weighted by Gasteiger charge is 2.34. The number of carbonyl (C=O) groups is 1. The zero-order valence-electron chi connectivity index (χ0n) is 17.9. The van der Waals surface area contributed by atoms with Crippen LogP contribution in [0.5, 0.6) is 0 Å². The first-order valence-corrected chi connectivity index (χ1v) is 11.0. The first-order valence-electron chi connectivity index (χ1n) is 11.0. The van der Waals surface area contributed by atoms with Crippen molar-refractivity contribution in [1.29, 1.82) is 0 Å². The third-order valence-electron chi connectivity index (χ3n) is 6.49. The number of amides is 1. The Kier molecular flexibility index (Phi) is 4.96. The van der Waals surface area contributed by atoms with Crippen molar-refractivity contribution >= 4 is 5.91 Å². The van der Waals surface area contributed by atoms with Gasteiger partial charge in [-0.2, -0.15) is 4.98 Å². The lowest BCUT2D eigenvalue weighted by molar-refractivity contribution is 0.0558. The Morgan fingerprint density at radius 3 is 2.81 bits per heavy atom. The van der Waals surface area contributed by atoms with Crippen molar-refractivity contribution in [2.45, 2.75) is 58.4 Å². The van der Waals surface area contributed by atoms with Crippen LogP contribution in [0.15, 0.2) is 39.8 Å². The normalized spacial score (nSPS) is 18.3. The molecule has 7 nitrogen and oxygen atoms in total. The van der Waals surface area contributed by atoms with E-state index in [1.807, 2.05) is 25.1 Å². The molecule has 1 saturated heterocycles. The van der Waals surface area contributed by atoms with Gasteiger partial charge in [0.25, 0.3) is 11.5 Å². The molecule has 2 aliphatic rings. The van der Waals surface area contributed by atoms with E-state index in [-0.39, 0.29) is 23.1 Å². The van der Waals surface area contributed by atoms with E-state index in [1.165, 1.54) is 11.1 Å². The summed E-state index contributed by atoms with van der Waals surface area (Å²) < 4.78 is 7.02. The van der Waals surface area contributed by atoms with E-state index in [1.54, 1.807) is 22.6 Å². The molecule has 1 unspecified atom stereocenters. The lowest BCUT2D eigenvalue weighted by Crippen LogP contribution is -2.42. The number of piperidine rings is 1. The lowest BCUT2D eigenvalue weighted by atomic mass is 9.99. The average molecular weight is 418 g/mol. The van der Waals surface area contributed by atoms with E-state index < -0.39 is 0 Å². The van der Waals surface area contributed by atoms with E-state index in [2.05, 4.69) is 16.2 Å². The van der Waals surface area contributed by atoms with Crippen molar-refractivity contribution in [2.24, 2.45) is 0 Å². The number of carbonyl (C=O) groups excluding carboxylic acids is 1. The molecule has 1 atom stereocenters. The highest BCUT2D eigenvalue weighted by atomic mass is 16.5. The lowest BCUT2D eigenvalue weighted by Gasteiger charge is -2.33. The summed E-state index contributed by atoms with van der Waals surface area (Å²) in [5, 5.41) is 3.89. The molecule has 0 radical (unpaired) electrons. The number of fused-ring (bicyclic) bond motifs is 1. The molecule has 1 amide bonds. The van der Waals surface area contributed by atoms with Gasteiger partial charge in [-0.3, -0.25) is 14.2 Å². The van der Waals surface area contributed by atoms with Crippen molar-refractivity contribution in [3.63, 3.8) is 0 Å². The number of rotatable bonds is 3. The van der Waals surface area contributed by atoms with Crippen LogP contribution >= 0.6 is 0 Å². The number of aromatic nitrogens is 3. The average Bonchev–Trinajstić information content (AvgIpc) is 3.43. The van der Waals surface area contributed by atoms with Gasteiger partial charge < -0.3 is 9.42 Å². The fraction of sp³-hybridized carbons (Fsp3) is 0.417. The summed E-state index contributed by atoms with van der Waals surface area (Å²) >= 11 is 0. The van der Waals surface area contributed by atoms with Crippen LogP contribution in [0.25, 0.3) is 5.69 Å². The highest BCUT2D eigenvalue weighted by molar-refractivity contribution is 5.95. The molecule has 3 aromatic rings. The molecule has 1 aliphatic heterocycles. The second-order valence-corrected chi connectivity index (χ2v) is 8.51. The molecule has 0 bridgehead atoms. The summed E-state index contributed by atoms with van der Waals surface area (Å²) in [6.45, 7) is 4.16. The van der Waals surface area contributed by atoms with Crippen molar-refractivity contribution < 1.29 is 9.32 Å². The molecule has 5 rings (SSSR count). The predicted octanol–water partition coefficient (Wildman–Crippen LogP) is 3.69. The zero-order chi connectivity index (χ0) is 21.5. The molecular weight excluding hydrogens is 392 g/mol. The van der Waals surface area contributed by atoms with Crippen molar-refractivity contribution in [3.8, 4) is 5.69 Å². The van der Waals surface area contributed by atoms with E-state index in [9.17, 15) is 9.59 Å². The first-order chi connectivity index (χ1) is 15.0. The van der Waals surface area contributed by atoms with Gasteiger partial charge in [0.2, 0.25) is 5.89 Å². The summed E-state index contributed by atoms with van der Waals surface area (Å²) in [6.07, 6.45) is 7.50. The molecule has 31 heavy (non-hydrogen) atoms. The number of hydrogen-bond donors (Lipinski definition) is 0. The molecule has 2 aromatic heterocycles. The van der Waals surface area contributed by atoms with Crippen LogP contribution in [0.3, 0.4) is 0 Å². The van der Waals surface area contributed by atoms with Crippen molar-refractivity contribution in [3.05, 3.63) is 74.8 Å². The summed E-state index contributed by atoms with van der Waals surface area (Å²) in [6, 6.07) is 7.66. The van der Waals surface area contributed by atoms with E-state index in [0.717, 1.165) is 44.2 Å². The standard InChI is InChI=1S/C24H26N4O3/c1-15-12-14-28(19-11-6-8-17-7-5-9-18(17)19)24(30)21(15)23(29)27-13-4-3-10-20(27)22-25-16(2)26-31-22/h6,8,11-12,14,20H,3-5,7,9-10,13H2,1-2H3. The van der Waals surface area contributed by atoms with Crippen LogP contribution < -0.4 is 5.56 Å². The van der Waals surface area contributed by atoms with E-state index in [4.69, 9.17) is 4.52 Å². The second-order valence-electron chi connectivity index (χ2n) is 8.51. The van der Waals surface area contributed by atoms with Gasteiger partial charge in [-0.1, -0.05) is 17.3 Å². The van der Waals surface area contributed by atoms with Gasteiger partial charge in [-0.15, -0.1) is 0 Å². The van der Waals surface area contributed by atoms with Crippen LogP contribution in [0.4, 0.5) is 0 Å². The first kappa shape index (κ1) is 19.7. The van der Waals surface area contributed by atoms with Crippen LogP contribution in [-0.2, 0) is 12.8 Å². The van der Waals surface area contributed by atoms with Gasteiger partial charge in [-0.25, -0.2) is 0 Å². The fourth-order valence-electron chi connectivity index (χ4n) is 4.93. The molecule has 0 spiro atoms. The smallest absolute Gasteiger partial charge is 0.268 e. The van der Waals surface area contributed by atoms with E-state index >= 15 is 0 Å². The molecule has 160 valence electrons. The number of aryl methyl sites for hydroxylation is 3. The Morgan fingerprint density at radius 2 is 2.00 bits per heavy atom. The molecular formula is C24H26N4O3. The maximum atomic E-state index is 13.7. The maximum Gasteiger partial charge on any atom is 0.268 e. The topological polar surface area (TPSA) is 81.2 Å². The summed E-state index contributed by atoms with van der Waals surface area (Å²) in [4.78, 5) is 33.3. The number of hydrogen-bond acceptors (Lipinski definition) is 5. The molecule has 0 N–H and O–H groups in total. The van der Waals surface area contributed by atoms with Crippen LogP contribution in [0, 0.1) is 13.8 Å². The summed E-state index contributed by atoms with van der Waals surface area (Å²) in [5.41, 5.74) is 4.03. The highest BCUT2D eigenvalue weighted by Crippen LogP contribution is 2.32. The Hall–Kier alpha value is -3.22. The maximum absolute atomic E-state index is 13.7. The minimum Gasteiger partial charge on any atom is -0.337 e. The van der Waals surface area contributed by atoms with Gasteiger partial charge in [0.05, 0.1) is 5.69 Å². The van der Waals surface area contributed by atoms with Crippen molar-refractivity contribution in [1.82, 2.24) is 19.6 Å². The molecule has 7 heteroatoms.